The zero-order chi connectivity index (χ0) is 20.9. The second kappa shape index (κ2) is 24.7. The maximum atomic E-state index is 11.1. The molecule has 0 radical (unpaired) electrons. The van der Waals surface area contributed by atoms with Crippen molar-refractivity contribution in [2.24, 2.45) is 0 Å². The molecule has 0 aliphatic rings. The number of carbonyl (C=O) groups excluding carboxylic acids is 1. The summed E-state index contributed by atoms with van der Waals surface area (Å²) >= 11 is 0. The number of aliphatic carboxylic acids is 1. The van der Waals surface area contributed by atoms with Crippen LogP contribution in [-0.4, -0.2) is 30.0 Å². The Kier molecular flexibility index (Phi) is 26.9. The van der Waals surface area contributed by atoms with E-state index in [-0.39, 0.29) is 42.0 Å². The molecule has 0 heterocycles. The maximum Gasteiger partial charge on any atom is 1.00 e. The normalized spacial score (nSPS) is 12.1. The van der Waals surface area contributed by atoms with Gasteiger partial charge in [-0.3, -0.25) is 0 Å². The number of nitrogens with zero attached hydrogens (tertiary/aromatic N) is 1. The maximum absolute atomic E-state index is 11.1. The van der Waals surface area contributed by atoms with Crippen molar-refractivity contribution >= 4 is 5.97 Å². The Balaban J connectivity index is 0. The monoisotopic (exact) mass is 419 g/mol. The third kappa shape index (κ3) is 21.4. The number of carboxylic acids is 1. The van der Waals surface area contributed by atoms with Crippen molar-refractivity contribution in [1.82, 2.24) is 4.90 Å². The first kappa shape index (κ1) is 31.6. The van der Waals surface area contributed by atoms with E-state index in [1.54, 1.807) is 0 Å². The first-order valence-electron chi connectivity index (χ1n) is 12.6. The van der Waals surface area contributed by atoms with Crippen molar-refractivity contribution in [1.29, 1.82) is 0 Å². The number of hydrogen-bond donors (Lipinski definition) is 0. The summed E-state index contributed by atoms with van der Waals surface area (Å²) in [5, 5.41) is 11.1. The van der Waals surface area contributed by atoms with Gasteiger partial charge in [-0.25, -0.2) is 0 Å². The number of unbranched alkanes of at least 4 members (excludes halogenated alkanes) is 14. The standard InChI is InChI=1S/C25H51NO2.Na/c1-4-7-9-11-13-15-17-19-21-26(24(6-3)23-25(27)28)22-20-18-16-14-12-10-8-5-2;/h24H,4-23H2,1-3H3,(H,27,28);/q;+1/p-1. The molecule has 0 bridgehead atoms. The Morgan fingerprint density at radius 1 is 0.655 bits per heavy atom. The van der Waals surface area contributed by atoms with Gasteiger partial charge in [0.05, 0.1) is 0 Å². The fourth-order valence-corrected chi connectivity index (χ4v) is 4.10. The molecule has 1 atom stereocenters. The van der Waals surface area contributed by atoms with Crippen molar-refractivity contribution in [3.63, 3.8) is 0 Å². The van der Waals surface area contributed by atoms with Crippen LogP contribution in [0.3, 0.4) is 0 Å². The van der Waals surface area contributed by atoms with Crippen LogP contribution >= 0.6 is 0 Å². The van der Waals surface area contributed by atoms with E-state index in [1.165, 1.54) is 103 Å². The van der Waals surface area contributed by atoms with Gasteiger partial charge >= 0.3 is 29.6 Å². The van der Waals surface area contributed by atoms with Gasteiger partial charge in [0, 0.05) is 18.4 Å². The summed E-state index contributed by atoms with van der Waals surface area (Å²) in [5.74, 6) is -0.899. The largest absolute Gasteiger partial charge is 1.00 e. The Morgan fingerprint density at radius 2 is 1.00 bits per heavy atom. The molecule has 168 valence electrons. The van der Waals surface area contributed by atoms with E-state index in [0.29, 0.717) is 0 Å². The molecule has 0 rings (SSSR count). The van der Waals surface area contributed by atoms with Crippen LogP contribution in [-0.2, 0) is 4.79 Å². The molecule has 0 saturated carbocycles. The van der Waals surface area contributed by atoms with Gasteiger partial charge in [0.1, 0.15) is 0 Å². The molecular formula is C25H50NNaO2. The van der Waals surface area contributed by atoms with Gasteiger partial charge < -0.3 is 14.8 Å². The summed E-state index contributed by atoms with van der Waals surface area (Å²) in [6, 6.07) is 0.152. The first-order valence-corrected chi connectivity index (χ1v) is 12.6. The van der Waals surface area contributed by atoms with Crippen LogP contribution in [0.5, 0.6) is 0 Å². The molecule has 0 fully saturated rings. The Labute approximate surface area is 205 Å². The minimum atomic E-state index is -0.899. The predicted octanol–water partition coefficient (Wildman–Crippen LogP) is 3.49. The summed E-state index contributed by atoms with van der Waals surface area (Å²) in [7, 11) is 0. The smallest absolute Gasteiger partial charge is 0.550 e. The Bertz CT molecular complexity index is 319. The van der Waals surface area contributed by atoms with Crippen LogP contribution < -0.4 is 34.7 Å². The second-order valence-corrected chi connectivity index (χ2v) is 8.62. The van der Waals surface area contributed by atoms with Crippen LogP contribution in [0.2, 0.25) is 0 Å². The molecule has 0 amide bonds. The number of hydrogen-bond acceptors (Lipinski definition) is 3. The van der Waals surface area contributed by atoms with Gasteiger partial charge in [0.25, 0.3) is 0 Å². The number of carboxylic acid groups (broad SMARTS) is 1. The van der Waals surface area contributed by atoms with Gasteiger partial charge in [0.2, 0.25) is 0 Å². The van der Waals surface area contributed by atoms with Crippen LogP contribution in [0.15, 0.2) is 0 Å². The van der Waals surface area contributed by atoms with E-state index in [0.717, 1.165) is 19.5 Å². The summed E-state index contributed by atoms with van der Waals surface area (Å²) in [6.45, 7) is 8.74. The third-order valence-electron chi connectivity index (χ3n) is 5.99. The van der Waals surface area contributed by atoms with Gasteiger partial charge in [0.15, 0.2) is 0 Å². The average molecular weight is 420 g/mol. The first-order chi connectivity index (χ1) is 13.7. The molecule has 0 aromatic rings. The van der Waals surface area contributed by atoms with Crippen molar-refractivity contribution in [2.75, 3.05) is 13.1 Å². The molecule has 0 spiro atoms. The fraction of sp³-hybridized carbons (Fsp3) is 0.960. The molecule has 0 aromatic carbocycles. The Morgan fingerprint density at radius 3 is 1.31 bits per heavy atom. The minimum absolute atomic E-state index is 0. The molecule has 0 aromatic heterocycles. The fourth-order valence-electron chi connectivity index (χ4n) is 4.10. The molecule has 3 nitrogen and oxygen atoms in total. The van der Waals surface area contributed by atoms with E-state index < -0.39 is 5.97 Å². The van der Waals surface area contributed by atoms with Crippen molar-refractivity contribution in [2.45, 2.75) is 142 Å². The molecule has 0 aliphatic heterocycles. The van der Waals surface area contributed by atoms with E-state index in [9.17, 15) is 9.90 Å². The SMILES string of the molecule is CCCCCCCCCCN(CCCCCCCCCC)C(CC)CC(=O)[O-].[Na+]. The zero-order valence-electron chi connectivity index (χ0n) is 20.5. The Hall–Kier alpha value is 0.430. The number of rotatable bonds is 22. The van der Waals surface area contributed by atoms with Crippen LogP contribution in [0.25, 0.3) is 0 Å². The predicted molar refractivity (Wildman–Crippen MR) is 120 cm³/mol. The second-order valence-electron chi connectivity index (χ2n) is 8.62. The van der Waals surface area contributed by atoms with E-state index in [1.807, 2.05) is 0 Å². The summed E-state index contributed by atoms with van der Waals surface area (Å²) in [5.41, 5.74) is 0. The van der Waals surface area contributed by atoms with E-state index in [4.69, 9.17) is 0 Å². The topological polar surface area (TPSA) is 43.4 Å². The molecule has 0 aliphatic carbocycles. The molecule has 29 heavy (non-hydrogen) atoms. The molecular weight excluding hydrogens is 369 g/mol. The van der Waals surface area contributed by atoms with Crippen LogP contribution in [0.1, 0.15) is 136 Å². The summed E-state index contributed by atoms with van der Waals surface area (Å²) in [6.07, 6.45) is 22.3. The quantitative estimate of drug-likeness (QED) is 0.199. The van der Waals surface area contributed by atoms with Crippen LogP contribution in [0, 0.1) is 0 Å². The van der Waals surface area contributed by atoms with Gasteiger partial charge in [-0.05, 0) is 32.4 Å². The molecule has 0 N–H and O–H groups in total. The average Bonchev–Trinajstić information content (AvgIpc) is 2.68. The van der Waals surface area contributed by atoms with E-state index >= 15 is 0 Å². The number of carbonyl (C=O) groups is 1. The van der Waals surface area contributed by atoms with E-state index in [2.05, 4.69) is 25.7 Å². The van der Waals surface area contributed by atoms with Crippen molar-refractivity contribution < 1.29 is 39.5 Å². The summed E-state index contributed by atoms with van der Waals surface area (Å²) in [4.78, 5) is 13.6. The third-order valence-corrected chi connectivity index (χ3v) is 5.99. The van der Waals surface area contributed by atoms with Crippen molar-refractivity contribution in [3.05, 3.63) is 0 Å². The molecule has 1 unspecified atom stereocenters. The van der Waals surface area contributed by atoms with Gasteiger partial charge in [-0.15, -0.1) is 0 Å². The van der Waals surface area contributed by atoms with Gasteiger partial charge in [-0.1, -0.05) is 111 Å². The molecule has 4 heteroatoms. The minimum Gasteiger partial charge on any atom is -0.550 e. The zero-order valence-corrected chi connectivity index (χ0v) is 22.5. The van der Waals surface area contributed by atoms with Crippen molar-refractivity contribution in [3.8, 4) is 0 Å². The van der Waals surface area contributed by atoms with Gasteiger partial charge in [-0.2, -0.15) is 0 Å². The summed E-state index contributed by atoms with van der Waals surface area (Å²) < 4.78 is 0. The van der Waals surface area contributed by atoms with Crippen LogP contribution in [0.4, 0.5) is 0 Å². The molecule has 0 saturated heterocycles.